The van der Waals surface area contributed by atoms with Crippen LogP contribution in [-0.2, 0) is 0 Å². The van der Waals surface area contributed by atoms with Crippen molar-refractivity contribution in [3.8, 4) is 0 Å². The van der Waals surface area contributed by atoms with E-state index in [0.717, 1.165) is 5.25 Å². The predicted octanol–water partition coefficient (Wildman–Crippen LogP) is 2.80. The second-order valence-corrected chi connectivity index (χ2v) is 6.12. The Morgan fingerprint density at radius 3 is 2.92 bits per heavy atom. The van der Waals surface area contributed by atoms with E-state index in [0.29, 0.717) is 11.6 Å². The van der Waals surface area contributed by atoms with Gasteiger partial charge in [0.05, 0.1) is 0 Å². The van der Waals surface area contributed by atoms with Gasteiger partial charge < -0.3 is 5.32 Å². The number of fused-ring (bicyclic) bond motifs is 1. The molecule has 1 unspecified atom stereocenters. The van der Waals surface area contributed by atoms with Crippen LogP contribution in [0.2, 0.25) is 0 Å². The van der Waals surface area contributed by atoms with Crippen molar-refractivity contribution in [1.29, 1.82) is 0 Å². The summed E-state index contributed by atoms with van der Waals surface area (Å²) in [5.41, 5.74) is 0.525. The first-order valence-corrected chi connectivity index (χ1v) is 6.67. The second-order valence-electron chi connectivity index (χ2n) is 4.81. The molecule has 2 atom stereocenters. The van der Waals surface area contributed by atoms with Crippen molar-refractivity contribution < 1.29 is 0 Å². The third kappa shape index (κ3) is 1.89. The zero-order valence-corrected chi connectivity index (χ0v) is 9.62. The summed E-state index contributed by atoms with van der Waals surface area (Å²) in [6.07, 6.45) is 7.17. The standard InChI is InChI=1S/C11H21NS/c1-9(2)12-11-6-4-3-5-10(11)13-8-7-11/h9-10,12H,3-8H2,1-2H3/t10?,11-/m1/s1. The van der Waals surface area contributed by atoms with Gasteiger partial charge in [-0.1, -0.05) is 26.7 Å². The Morgan fingerprint density at radius 2 is 2.15 bits per heavy atom. The average Bonchev–Trinajstić information content (AvgIpc) is 2.45. The van der Waals surface area contributed by atoms with E-state index in [-0.39, 0.29) is 0 Å². The van der Waals surface area contributed by atoms with Crippen LogP contribution in [0.15, 0.2) is 0 Å². The molecule has 2 rings (SSSR count). The molecule has 0 amide bonds. The van der Waals surface area contributed by atoms with Crippen LogP contribution in [0.5, 0.6) is 0 Å². The van der Waals surface area contributed by atoms with Gasteiger partial charge in [0.2, 0.25) is 0 Å². The van der Waals surface area contributed by atoms with Crippen LogP contribution in [0.1, 0.15) is 46.0 Å². The van der Waals surface area contributed by atoms with Crippen LogP contribution in [0.25, 0.3) is 0 Å². The number of thioether (sulfide) groups is 1. The topological polar surface area (TPSA) is 12.0 Å². The maximum atomic E-state index is 3.84. The van der Waals surface area contributed by atoms with E-state index in [9.17, 15) is 0 Å². The summed E-state index contributed by atoms with van der Waals surface area (Å²) >= 11 is 2.20. The minimum absolute atomic E-state index is 0.525. The average molecular weight is 199 g/mol. The smallest absolute Gasteiger partial charge is 0.0310 e. The van der Waals surface area contributed by atoms with Crippen molar-refractivity contribution >= 4 is 11.8 Å². The van der Waals surface area contributed by atoms with Crippen LogP contribution in [-0.4, -0.2) is 22.6 Å². The minimum atomic E-state index is 0.525. The molecule has 1 saturated carbocycles. The molecule has 13 heavy (non-hydrogen) atoms. The van der Waals surface area contributed by atoms with Gasteiger partial charge in [0.15, 0.2) is 0 Å². The van der Waals surface area contributed by atoms with Crippen molar-refractivity contribution in [1.82, 2.24) is 5.32 Å². The van der Waals surface area contributed by atoms with Gasteiger partial charge in [-0.25, -0.2) is 0 Å². The quantitative estimate of drug-likeness (QED) is 0.734. The molecule has 1 saturated heterocycles. The number of rotatable bonds is 2. The molecule has 0 radical (unpaired) electrons. The highest BCUT2D eigenvalue weighted by Crippen LogP contribution is 2.45. The molecular weight excluding hydrogens is 178 g/mol. The van der Waals surface area contributed by atoms with Crippen LogP contribution in [0, 0.1) is 0 Å². The second kappa shape index (κ2) is 3.82. The lowest BCUT2D eigenvalue weighted by atomic mass is 9.79. The van der Waals surface area contributed by atoms with Gasteiger partial charge in [0.25, 0.3) is 0 Å². The summed E-state index contributed by atoms with van der Waals surface area (Å²) in [6, 6.07) is 0.652. The Bertz CT molecular complexity index is 181. The molecule has 1 heterocycles. The third-order valence-electron chi connectivity index (χ3n) is 3.40. The molecule has 1 aliphatic heterocycles. The van der Waals surface area contributed by atoms with E-state index < -0.39 is 0 Å². The summed E-state index contributed by atoms with van der Waals surface area (Å²) in [5.74, 6) is 1.38. The number of nitrogens with one attached hydrogen (secondary N) is 1. The largest absolute Gasteiger partial charge is 0.308 e. The van der Waals surface area contributed by atoms with E-state index in [1.165, 1.54) is 37.9 Å². The maximum Gasteiger partial charge on any atom is 0.0310 e. The molecule has 76 valence electrons. The summed E-state index contributed by atoms with van der Waals surface area (Å²) in [7, 11) is 0. The molecule has 2 aliphatic rings. The van der Waals surface area contributed by atoms with Crippen LogP contribution < -0.4 is 5.32 Å². The highest BCUT2D eigenvalue weighted by molar-refractivity contribution is 8.00. The first-order chi connectivity index (χ1) is 6.23. The highest BCUT2D eigenvalue weighted by atomic mass is 32.2. The van der Waals surface area contributed by atoms with E-state index in [1.807, 2.05) is 0 Å². The Balaban J connectivity index is 2.06. The van der Waals surface area contributed by atoms with Gasteiger partial charge in [-0.05, 0) is 25.0 Å². The van der Waals surface area contributed by atoms with E-state index >= 15 is 0 Å². The van der Waals surface area contributed by atoms with Crippen molar-refractivity contribution in [2.24, 2.45) is 0 Å². The normalized spacial score (nSPS) is 39.5. The molecule has 1 nitrogen and oxygen atoms in total. The van der Waals surface area contributed by atoms with E-state index in [2.05, 4.69) is 30.9 Å². The summed E-state index contributed by atoms with van der Waals surface area (Å²) in [6.45, 7) is 4.56. The van der Waals surface area contributed by atoms with Crippen molar-refractivity contribution in [2.75, 3.05) is 5.75 Å². The summed E-state index contributed by atoms with van der Waals surface area (Å²) in [4.78, 5) is 0. The molecule has 2 heteroatoms. The number of hydrogen-bond donors (Lipinski definition) is 1. The fourth-order valence-corrected chi connectivity index (χ4v) is 4.65. The summed E-state index contributed by atoms with van der Waals surface area (Å²) < 4.78 is 0. The van der Waals surface area contributed by atoms with Crippen molar-refractivity contribution in [2.45, 2.75) is 62.8 Å². The Kier molecular flexibility index (Phi) is 2.89. The van der Waals surface area contributed by atoms with Crippen molar-refractivity contribution in [3.05, 3.63) is 0 Å². The Labute approximate surface area is 86.0 Å². The first-order valence-electron chi connectivity index (χ1n) is 5.62. The first kappa shape index (κ1) is 9.85. The molecule has 0 bridgehead atoms. The van der Waals surface area contributed by atoms with Crippen molar-refractivity contribution in [3.63, 3.8) is 0 Å². The Morgan fingerprint density at radius 1 is 1.31 bits per heavy atom. The SMILES string of the molecule is CC(C)N[C@@]12CCCCC1SCC2. The molecule has 0 aromatic rings. The molecular formula is C11H21NS. The lowest BCUT2D eigenvalue weighted by Crippen LogP contribution is -2.54. The fraction of sp³-hybridized carbons (Fsp3) is 1.00. The van der Waals surface area contributed by atoms with Gasteiger partial charge in [0.1, 0.15) is 0 Å². The molecule has 2 fully saturated rings. The highest BCUT2D eigenvalue weighted by Gasteiger charge is 2.44. The van der Waals surface area contributed by atoms with Crippen LogP contribution >= 0.6 is 11.8 Å². The lowest BCUT2D eigenvalue weighted by molar-refractivity contribution is 0.229. The lowest BCUT2D eigenvalue weighted by Gasteiger charge is -2.41. The van der Waals surface area contributed by atoms with Crippen LogP contribution in [0.4, 0.5) is 0 Å². The van der Waals surface area contributed by atoms with E-state index in [1.54, 1.807) is 0 Å². The van der Waals surface area contributed by atoms with Gasteiger partial charge >= 0.3 is 0 Å². The monoisotopic (exact) mass is 199 g/mol. The third-order valence-corrected chi connectivity index (χ3v) is 4.93. The molecule has 1 aliphatic carbocycles. The number of hydrogen-bond acceptors (Lipinski definition) is 2. The summed E-state index contributed by atoms with van der Waals surface area (Å²) in [5, 5.41) is 4.76. The molecule has 1 N–H and O–H groups in total. The van der Waals surface area contributed by atoms with Gasteiger partial charge in [-0.2, -0.15) is 11.8 Å². The maximum absolute atomic E-state index is 3.84. The van der Waals surface area contributed by atoms with E-state index in [4.69, 9.17) is 0 Å². The van der Waals surface area contributed by atoms with Gasteiger partial charge in [-0.3, -0.25) is 0 Å². The molecule has 0 spiro atoms. The Hall–Kier alpha value is 0.310. The minimum Gasteiger partial charge on any atom is -0.308 e. The van der Waals surface area contributed by atoms with Gasteiger partial charge in [0, 0.05) is 16.8 Å². The van der Waals surface area contributed by atoms with Gasteiger partial charge in [-0.15, -0.1) is 0 Å². The zero-order valence-electron chi connectivity index (χ0n) is 8.81. The molecule has 0 aromatic carbocycles. The zero-order chi connectivity index (χ0) is 9.31. The molecule has 0 aromatic heterocycles. The predicted molar refractivity (Wildman–Crippen MR) is 60.3 cm³/mol. The fourth-order valence-electron chi connectivity index (χ4n) is 2.93. The van der Waals surface area contributed by atoms with Crippen LogP contribution in [0.3, 0.4) is 0 Å².